The molecule has 34 heavy (non-hydrogen) atoms. The first-order valence-corrected chi connectivity index (χ1v) is 13.4. The summed E-state index contributed by atoms with van der Waals surface area (Å²) in [4.78, 5) is 22.2. The van der Waals surface area contributed by atoms with Gasteiger partial charge in [0.1, 0.15) is 5.82 Å². The predicted molar refractivity (Wildman–Crippen MR) is 134 cm³/mol. The van der Waals surface area contributed by atoms with E-state index in [1.54, 1.807) is 11.0 Å². The quantitative estimate of drug-likeness (QED) is 0.567. The number of aryl methyl sites for hydroxylation is 1. The van der Waals surface area contributed by atoms with E-state index in [2.05, 4.69) is 4.72 Å². The summed E-state index contributed by atoms with van der Waals surface area (Å²) in [6.45, 7) is 4.56. The lowest BCUT2D eigenvalue weighted by Crippen LogP contribution is -2.39. The highest BCUT2D eigenvalue weighted by Gasteiger charge is 2.32. The average molecular weight is 505 g/mol. The van der Waals surface area contributed by atoms with E-state index in [0.717, 1.165) is 53.9 Å². The summed E-state index contributed by atoms with van der Waals surface area (Å²) in [6.07, 6.45) is 3.62. The van der Waals surface area contributed by atoms with Gasteiger partial charge in [-0.25, -0.2) is 17.9 Å². The number of hydrogen-bond acceptors (Lipinski definition) is 6. The normalized spacial score (nSPS) is 16.6. The van der Waals surface area contributed by atoms with Crippen LogP contribution in [0.2, 0.25) is 5.02 Å². The number of nitrogens with one attached hydrogen (secondary N) is 1. The summed E-state index contributed by atoms with van der Waals surface area (Å²) < 4.78 is 28.0. The molecular formula is C23H29ClN6O3S. The maximum absolute atomic E-state index is 13.7. The molecule has 3 heterocycles. The zero-order valence-corrected chi connectivity index (χ0v) is 21.5. The van der Waals surface area contributed by atoms with Gasteiger partial charge in [-0.3, -0.25) is 9.52 Å². The second-order valence-corrected chi connectivity index (χ2v) is 11.1. The third kappa shape index (κ3) is 4.69. The van der Waals surface area contributed by atoms with Crippen LogP contribution in [0, 0.1) is 13.8 Å². The molecule has 9 nitrogen and oxygen atoms in total. The first kappa shape index (κ1) is 24.3. The summed E-state index contributed by atoms with van der Waals surface area (Å²) >= 11 is 6.17. The van der Waals surface area contributed by atoms with Gasteiger partial charge in [0.05, 0.1) is 29.2 Å². The van der Waals surface area contributed by atoms with Crippen LogP contribution in [-0.2, 0) is 10.0 Å². The van der Waals surface area contributed by atoms with Crippen molar-refractivity contribution in [1.29, 1.82) is 0 Å². The molecule has 0 radical (unpaired) electrons. The minimum atomic E-state index is -3.57. The summed E-state index contributed by atoms with van der Waals surface area (Å²) in [6, 6.07) is 6.25. The third-order valence-corrected chi connectivity index (χ3v) is 6.99. The van der Waals surface area contributed by atoms with Gasteiger partial charge < -0.3 is 9.80 Å². The molecule has 1 aromatic carbocycles. The lowest BCUT2D eigenvalue weighted by Gasteiger charge is -2.35. The lowest BCUT2D eigenvalue weighted by atomic mass is 9.98. The minimum Gasteiger partial charge on any atom is -0.362 e. The Labute approximate surface area is 204 Å². The van der Waals surface area contributed by atoms with E-state index in [9.17, 15) is 13.2 Å². The minimum absolute atomic E-state index is 0.208. The molecule has 1 aliphatic rings. The number of fused-ring (bicyclic) bond motifs is 1. The third-order valence-electron chi connectivity index (χ3n) is 6.16. The monoisotopic (exact) mass is 504 g/mol. The van der Waals surface area contributed by atoms with Crippen LogP contribution in [0.5, 0.6) is 0 Å². The fraction of sp³-hybridized carbons (Fsp3) is 0.435. The Hall–Kier alpha value is -2.85. The number of carbonyl (C=O) groups is 1. The van der Waals surface area contributed by atoms with Crippen LogP contribution in [0.4, 0.5) is 11.5 Å². The van der Waals surface area contributed by atoms with Gasteiger partial charge in [-0.05, 0) is 51.3 Å². The average Bonchev–Trinajstić information content (AvgIpc) is 3.20. The number of hydrogen-bond donors (Lipinski definition) is 1. The first-order valence-electron chi connectivity index (χ1n) is 11.1. The van der Waals surface area contributed by atoms with Gasteiger partial charge in [-0.1, -0.05) is 11.6 Å². The zero-order chi connectivity index (χ0) is 24.8. The molecule has 182 valence electrons. The van der Waals surface area contributed by atoms with Crippen LogP contribution < -0.4 is 9.62 Å². The van der Waals surface area contributed by atoms with E-state index in [0.29, 0.717) is 11.6 Å². The number of amides is 1. The van der Waals surface area contributed by atoms with Crippen molar-refractivity contribution in [2.45, 2.75) is 39.2 Å². The van der Waals surface area contributed by atoms with Gasteiger partial charge in [0, 0.05) is 43.0 Å². The number of rotatable bonds is 5. The number of halogens is 1. The van der Waals surface area contributed by atoms with Gasteiger partial charge >= 0.3 is 0 Å². The Morgan fingerprint density at radius 3 is 2.62 bits per heavy atom. The van der Waals surface area contributed by atoms with E-state index in [-0.39, 0.29) is 23.2 Å². The van der Waals surface area contributed by atoms with Crippen molar-refractivity contribution in [2.75, 3.05) is 36.5 Å². The van der Waals surface area contributed by atoms with Crippen molar-refractivity contribution in [3.05, 3.63) is 51.8 Å². The molecule has 0 spiro atoms. The number of likely N-dealkylation sites (tertiary alicyclic amines) is 1. The van der Waals surface area contributed by atoms with E-state index >= 15 is 0 Å². The van der Waals surface area contributed by atoms with Crippen LogP contribution >= 0.6 is 11.6 Å². The fourth-order valence-corrected chi connectivity index (χ4v) is 5.20. The molecule has 0 saturated carbocycles. The molecule has 1 atom stereocenters. The molecule has 1 saturated heterocycles. The number of piperidine rings is 1. The second-order valence-electron chi connectivity index (χ2n) is 8.95. The summed E-state index contributed by atoms with van der Waals surface area (Å²) in [5.74, 6) is 0.591. The number of anilines is 2. The van der Waals surface area contributed by atoms with Crippen molar-refractivity contribution >= 4 is 44.7 Å². The van der Waals surface area contributed by atoms with Crippen molar-refractivity contribution in [3.63, 3.8) is 0 Å². The van der Waals surface area contributed by atoms with Gasteiger partial charge in [0.25, 0.3) is 5.91 Å². The molecule has 1 aliphatic heterocycles. The maximum Gasteiger partial charge on any atom is 0.256 e. The summed E-state index contributed by atoms with van der Waals surface area (Å²) in [5, 5.41) is 5.18. The standard InChI is InChI=1S/C23H29ClN6O3S/c1-14-15(2)30-21(25-22(14)28(3)4)13-19(26-30)20-8-6-7-11-29(20)23(31)17-12-16(24)9-10-18(17)27-34(5,32)33/h9-10,12-13,20,27H,6-8,11H2,1-5H3/t20-/m0/s1. The summed E-state index contributed by atoms with van der Waals surface area (Å²) in [7, 11) is 0.340. The van der Waals surface area contributed by atoms with Crippen LogP contribution in [0.15, 0.2) is 24.3 Å². The van der Waals surface area contributed by atoms with Crippen molar-refractivity contribution < 1.29 is 13.2 Å². The molecule has 4 rings (SSSR count). The zero-order valence-electron chi connectivity index (χ0n) is 20.0. The molecular weight excluding hydrogens is 476 g/mol. The molecule has 1 amide bonds. The first-order chi connectivity index (χ1) is 16.0. The lowest BCUT2D eigenvalue weighted by molar-refractivity contribution is 0.0607. The molecule has 1 fully saturated rings. The molecule has 1 N–H and O–H groups in total. The Bertz CT molecular complexity index is 1370. The van der Waals surface area contributed by atoms with E-state index in [1.165, 1.54) is 12.1 Å². The van der Waals surface area contributed by atoms with Crippen molar-refractivity contribution in [2.24, 2.45) is 0 Å². The molecule has 0 bridgehead atoms. The number of aromatic nitrogens is 3. The number of benzene rings is 1. The molecule has 11 heteroatoms. The molecule has 0 unspecified atom stereocenters. The number of nitrogens with zero attached hydrogens (tertiary/aromatic N) is 5. The van der Waals surface area contributed by atoms with Gasteiger partial charge in [-0.15, -0.1) is 0 Å². The highest BCUT2D eigenvalue weighted by molar-refractivity contribution is 7.92. The fourth-order valence-electron chi connectivity index (χ4n) is 4.45. The van der Waals surface area contributed by atoms with Gasteiger partial charge in [0.15, 0.2) is 5.65 Å². The van der Waals surface area contributed by atoms with Gasteiger partial charge in [0.2, 0.25) is 10.0 Å². The Balaban J connectivity index is 1.76. The van der Waals surface area contributed by atoms with Crippen molar-refractivity contribution in [3.8, 4) is 0 Å². The smallest absolute Gasteiger partial charge is 0.256 e. The van der Waals surface area contributed by atoms with Crippen LogP contribution in [0.3, 0.4) is 0 Å². The van der Waals surface area contributed by atoms with E-state index in [1.807, 2.05) is 43.4 Å². The van der Waals surface area contributed by atoms with Crippen molar-refractivity contribution in [1.82, 2.24) is 19.5 Å². The van der Waals surface area contributed by atoms with Crippen LogP contribution in [0.1, 0.15) is 52.6 Å². The topological polar surface area (TPSA) is 99.9 Å². The molecule has 2 aromatic heterocycles. The SMILES string of the molecule is Cc1c(N(C)C)nc2cc([C@@H]3CCCCN3C(=O)c3cc(Cl)ccc3NS(C)(=O)=O)nn2c1C. The maximum atomic E-state index is 13.7. The predicted octanol–water partition coefficient (Wildman–Crippen LogP) is 3.80. The van der Waals surface area contributed by atoms with Gasteiger partial charge in [-0.2, -0.15) is 5.10 Å². The Morgan fingerprint density at radius 1 is 1.21 bits per heavy atom. The highest BCUT2D eigenvalue weighted by atomic mass is 35.5. The second kappa shape index (κ2) is 9.07. The molecule has 0 aliphatic carbocycles. The molecule has 3 aromatic rings. The number of carbonyl (C=O) groups excluding carboxylic acids is 1. The van der Waals surface area contributed by atoms with E-state index in [4.69, 9.17) is 21.7 Å². The highest BCUT2D eigenvalue weighted by Crippen LogP contribution is 2.34. The van der Waals surface area contributed by atoms with Crippen LogP contribution in [0.25, 0.3) is 5.65 Å². The largest absolute Gasteiger partial charge is 0.362 e. The number of sulfonamides is 1. The van der Waals surface area contributed by atoms with Crippen LogP contribution in [-0.4, -0.2) is 60.7 Å². The Morgan fingerprint density at radius 2 is 1.94 bits per heavy atom. The van der Waals surface area contributed by atoms with E-state index < -0.39 is 10.0 Å². The Kier molecular flexibility index (Phi) is 6.48. The summed E-state index contributed by atoms with van der Waals surface area (Å²) in [5.41, 5.74) is 3.94.